The number of aromatic nitrogens is 3. The van der Waals surface area contributed by atoms with Gasteiger partial charge in [0.25, 0.3) is 0 Å². The Hall–Kier alpha value is -1.19. The fourth-order valence-corrected chi connectivity index (χ4v) is 0.882. The molecule has 52 valence electrons. The summed E-state index contributed by atoms with van der Waals surface area (Å²) in [6.45, 7) is 0. The first-order valence-electron chi connectivity index (χ1n) is 3.27. The molecule has 0 saturated heterocycles. The first-order valence-corrected chi connectivity index (χ1v) is 3.27. The van der Waals surface area contributed by atoms with Crippen molar-refractivity contribution in [2.75, 3.05) is 0 Å². The van der Waals surface area contributed by atoms with Gasteiger partial charge in [0, 0.05) is 5.92 Å². The van der Waals surface area contributed by atoms with Gasteiger partial charge in [-0.2, -0.15) is 4.98 Å². The highest BCUT2D eigenvalue weighted by atomic mass is 16.1. The number of rotatable bonds is 1. The van der Waals surface area contributed by atoms with Crippen molar-refractivity contribution in [2.24, 2.45) is 0 Å². The van der Waals surface area contributed by atoms with Gasteiger partial charge in [-0.3, -0.25) is 4.98 Å². The second-order valence-corrected chi connectivity index (χ2v) is 2.46. The Morgan fingerprint density at radius 3 is 2.90 bits per heavy atom. The Balaban J connectivity index is 2.41. The molecule has 10 heavy (non-hydrogen) atoms. The average Bonchev–Trinajstić information content (AvgIpc) is 2.68. The minimum Gasteiger partial charge on any atom is -0.294 e. The van der Waals surface area contributed by atoms with E-state index >= 15 is 0 Å². The number of aromatic amines is 1. The second-order valence-electron chi connectivity index (χ2n) is 2.46. The van der Waals surface area contributed by atoms with Crippen molar-refractivity contribution in [3.8, 4) is 0 Å². The number of hydrogen-bond acceptors (Lipinski definition) is 3. The van der Waals surface area contributed by atoms with Crippen LogP contribution in [0, 0.1) is 0 Å². The lowest BCUT2D eigenvalue weighted by Crippen LogP contribution is -2.12. The smallest absolute Gasteiger partial charge is 0.294 e. The summed E-state index contributed by atoms with van der Waals surface area (Å²) in [5.41, 5.74) is -0.295. The monoisotopic (exact) mass is 137 g/mol. The van der Waals surface area contributed by atoms with E-state index in [0.717, 1.165) is 18.7 Å². The molecule has 0 spiro atoms. The largest absolute Gasteiger partial charge is 0.347 e. The van der Waals surface area contributed by atoms with Gasteiger partial charge < -0.3 is 0 Å². The normalized spacial score (nSPS) is 17.2. The third-order valence-electron chi connectivity index (χ3n) is 1.57. The zero-order chi connectivity index (χ0) is 6.97. The van der Waals surface area contributed by atoms with Crippen LogP contribution in [0.1, 0.15) is 24.6 Å². The zero-order valence-electron chi connectivity index (χ0n) is 5.37. The van der Waals surface area contributed by atoms with E-state index in [1.807, 2.05) is 0 Å². The van der Waals surface area contributed by atoms with E-state index in [1.54, 1.807) is 0 Å². The predicted molar refractivity (Wildman–Crippen MR) is 34.6 cm³/mol. The Morgan fingerprint density at radius 1 is 1.50 bits per heavy atom. The van der Waals surface area contributed by atoms with Gasteiger partial charge in [0.1, 0.15) is 12.2 Å². The molecule has 1 saturated carbocycles. The van der Waals surface area contributed by atoms with Crippen LogP contribution in [0.3, 0.4) is 0 Å². The molecule has 1 aromatic heterocycles. The predicted octanol–water partition coefficient (Wildman–Crippen LogP) is 0.0423. The van der Waals surface area contributed by atoms with Crippen LogP contribution in [0.25, 0.3) is 0 Å². The van der Waals surface area contributed by atoms with Gasteiger partial charge in [0.05, 0.1) is 0 Å². The van der Waals surface area contributed by atoms with Crippen molar-refractivity contribution in [2.45, 2.75) is 18.8 Å². The summed E-state index contributed by atoms with van der Waals surface area (Å²) in [4.78, 5) is 20.6. The van der Waals surface area contributed by atoms with Gasteiger partial charge in [0.2, 0.25) is 0 Å². The minimum atomic E-state index is -0.295. The van der Waals surface area contributed by atoms with Crippen LogP contribution in [-0.2, 0) is 0 Å². The number of hydrogen-bond donors (Lipinski definition) is 1. The SMILES string of the molecule is O=c1ncnc(C2CC2)[nH]1. The molecule has 1 aliphatic rings. The lowest BCUT2D eigenvalue weighted by Gasteiger charge is -1.91. The van der Waals surface area contributed by atoms with E-state index in [2.05, 4.69) is 15.0 Å². The van der Waals surface area contributed by atoms with Gasteiger partial charge in [-0.1, -0.05) is 0 Å². The summed E-state index contributed by atoms with van der Waals surface area (Å²) in [6.07, 6.45) is 3.60. The maximum Gasteiger partial charge on any atom is 0.347 e. The summed E-state index contributed by atoms with van der Waals surface area (Å²) >= 11 is 0. The molecular formula is C6H7N3O. The zero-order valence-corrected chi connectivity index (χ0v) is 5.37. The standard InChI is InChI=1S/C6H7N3O/c10-6-8-3-7-5(9-6)4-1-2-4/h3-4H,1-2H2,(H,7,8,9,10). The highest BCUT2D eigenvalue weighted by Crippen LogP contribution is 2.36. The Kier molecular flexibility index (Phi) is 1.06. The van der Waals surface area contributed by atoms with E-state index in [-0.39, 0.29) is 5.69 Å². The van der Waals surface area contributed by atoms with Gasteiger partial charge in [-0.25, -0.2) is 9.78 Å². The summed E-state index contributed by atoms with van der Waals surface area (Å²) in [5, 5.41) is 0. The van der Waals surface area contributed by atoms with Gasteiger partial charge in [-0.15, -0.1) is 0 Å². The van der Waals surface area contributed by atoms with E-state index < -0.39 is 0 Å². The molecular weight excluding hydrogens is 130 g/mol. The maximum absolute atomic E-state index is 10.6. The third-order valence-corrected chi connectivity index (χ3v) is 1.57. The first-order chi connectivity index (χ1) is 4.86. The molecule has 1 N–H and O–H groups in total. The van der Waals surface area contributed by atoms with Crippen molar-refractivity contribution in [3.05, 3.63) is 22.6 Å². The lowest BCUT2D eigenvalue weighted by molar-refractivity contribution is 0.856. The number of nitrogens with zero attached hydrogens (tertiary/aromatic N) is 2. The molecule has 1 aromatic rings. The van der Waals surface area contributed by atoms with E-state index in [1.165, 1.54) is 6.33 Å². The van der Waals surface area contributed by atoms with Crippen LogP contribution < -0.4 is 5.69 Å². The van der Waals surface area contributed by atoms with Crippen LogP contribution in [0.5, 0.6) is 0 Å². The van der Waals surface area contributed by atoms with Gasteiger partial charge >= 0.3 is 5.69 Å². The van der Waals surface area contributed by atoms with E-state index in [0.29, 0.717) is 5.92 Å². The highest BCUT2D eigenvalue weighted by Gasteiger charge is 2.25. The molecule has 0 unspecified atom stereocenters. The van der Waals surface area contributed by atoms with Crippen LogP contribution in [0.2, 0.25) is 0 Å². The molecule has 0 bridgehead atoms. The highest BCUT2D eigenvalue weighted by molar-refractivity contribution is 5.02. The van der Waals surface area contributed by atoms with E-state index in [9.17, 15) is 4.79 Å². The second kappa shape index (κ2) is 1.90. The fourth-order valence-electron chi connectivity index (χ4n) is 0.882. The Bertz CT molecular complexity index is 289. The molecule has 4 heteroatoms. The summed E-state index contributed by atoms with van der Waals surface area (Å²) in [7, 11) is 0. The molecule has 0 amide bonds. The van der Waals surface area contributed by atoms with Crippen molar-refractivity contribution in [1.29, 1.82) is 0 Å². The van der Waals surface area contributed by atoms with Crippen molar-refractivity contribution in [1.82, 2.24) is 15.0 Å². The van der Waals surface area contributed by atoms with Gasteiger partial charge in [0.15, 0.2) is 0 Å². The third kappa shape index (κ3) is 0.920. The van der Waals surface area contributed by atoms with Gasteiger partial charge in [-0.05, 0) is 12.8 Å². The molecule has 4 nitrogen and oxygen atoms in total. The molecule has 0 radical (unpaired) electrons. The molecule has 2 rings (SSSR count). The Morgan fingerprint density at radius 2 is 2.30 bits per heavy atom. The minimum absolute atomic E-state index is 0.295. The van der Waals surface area contributed by atoms with Crippen LogP contribution >= 0.6 is 0 Å². The summed E-state index contributed by atoms with van der Waals surface area (Å²) < 4.78 is 0. The van der Waals surface area contributed by atoms with Crippen LogP contribution in [0.4, 0.5) is 0 Å². The number of nitrogens with one attached hydrogen (secondary N) is 1. The van der Waals surface area contributed by atoms with Crippen molar-refractivity contribution < 1.29 is 0 Å². The maximum atomic E-state index is 10.6. The quantitative estimate of drug-likeness (QED) is 0.594. The molecule has 0 aliphatic heterocycles. The molecule has 1 aliphatic carbocycles. The van der Waals surface area contributed by atoms with Crippen molar-refractivity contribution in [3.63, 3.8) is 0 Å². The summed E-state index contributed by atoms with van der Waals surface area (Å²) in [6, 6.07) is 0. The molecule has 0 atom stereocenters. The fraction of sp³-hybridized carbons (Fsp3) is 0.500. The number of H-pyrrole nitrogens is 1. The van der Waals surface area contributed by atoms with E-state index in [4.69, 9.17) is 0 Å². The van der Waals surface area contributed by atoms with Crippen molar-refractivity contribution >= 4 is 0 Å². The molecule has 1 heterocycles. The average molecular weight is 137 g/mol. The van der Waals surface area contributed by atoms with Crippen LogP contribution in [-0.4, -0.2) is 15.0 Å². The summed E-state index contributed by atoms with van der Waals surface area (Å²) in [5.74, 6) is 1.29. The molecule has 1 fully saturated rings. The molecule has 0 aromatic carbocycles. The topological polar surface area (TPSA) is 58.6 Å². The van der Waals surface area contributed by atoms with Crippen LogP contribution in [0.15, 0.2) is 11.1 Å². The first kappa shape index (κ1) is 5.58. The Labute approximate surface area is 57.3 Å². The lowest BCUT2D eigenvalue weighted by atomic mass is 10.4.